The SMILES string of the molecule is C[C@@H]1CCCCN1CCNC(=O)CCc1cn(C)nc1-c1ccccc1. The van der Waals surface area contributed by atoms with E-state index in [1.165, 1.54) is 19.3 Å². The summed E-state index contributed by atoms with van der Waals surface area (Å²) < 4.78 is 1.83. The van der Waals surface area contributed by atoms with E-state index in [4.69, 9.17) is 0 Å². The van der Waals surface area contributed by atoms with Gasteiger partial charge in [-0.2, -0.15) is 5.10 Å². The first-order valence-corrected chi connectivity index (χ1v) is 9.72. The van der Waals surface area contributed by atoms with Crippen molar-refractivity contribution in [2.45, 2.75) is 45.1 Å². The third-order valence-electron chi connectivity index (χ3n) is 5.23. The lowest BCUT2D eigenvalue weighted by atomic mass is 10.0. The van der Waals surface area contributed by atoms with Crippen LogP contribution in [0.2, 0.25) is 0 Å². The molecule has 1 aliphatic rings. The molecule has 0 saturated carbocycles. The van der Waals surface area contributed by atoms with E-state index < -0.39 is 0 Å². The highest BCUT2D eigenvalue weighted by atomic mass is 16.1. The maximum absolute atomic E-state index is 12.2. The lowest BCUT2D eigenvalue weighted by Crippen LogP contribution is -2.42. The molecule has 1 aromatic carbocycles. The number of benzene rings is 1. The predicted molar refractivity (Wildman–Crippen MR) is 105 cm³/mol. The Bertz CT molecular complexity index is 710. The van der Waals surface area contributed by atoms with Gasteiger partial charge in [-0.1, -0.05) is 36.8 Å². The molecule has 0 bridgehead atoms. The van der Waals surface area contributed by atoms with Gasteiger partial charge in [-0.15, -0.1) is 0 Å². The maximum Gasteiger partial charge on any atom is 0.220 e. The Morgan fingerprint density at radius 1 is 1.27 bits per heavy atom. The fraction of sp³-hybridized carbons (Fsp3) is 0.524. The van der Waals surface area contributed by atoms with Crippen molar-refractivity contribution >= 4 is 5.91 Å². The van der Waals surface area contributed by atoms with Gasteiger partial charge >= 0.3 is 0 Å². The number of likely N-dealkylation sites (tertiary alicyclic amines) is 1. The monoisotopic (exact) mass is 354 g/mol. The molecule has 26 heavy (non-hydrogen) atoms. The molecule has 0 radical (unpaired) electrons. The lowest BCUT2D eigenvalue weighted by Gasteiger charge is -2.33. The zero-order valence-electron chi connectivity index (χ0n) is 15.9. The summed E-state index contributed by atoms with van der Waals surface area (Å²) in [5.41, 5.74) is 3.20. The van der Waals surface area contributed by atoms with Crippen LogP contribution in [0, 0.1) is 0 Å². The van der Waals surface area contributed by atoms with Crippen molar-refractivity contribution in [1.29, 1.82) is 0 Å². The van der Waals surface area contributed by atoms with E-state index >= 15 is 0 Å². The summed E-state index contributed by atoms with van der Waals surface area (Å²) in [5, 5.41) is 7.65. The fourth-order valence-electron chi connectivity index (χ4n) is 3.72. The fourth-order valence-corrected chi connectivity index (χ4v) is 3.72. The zero-order valence-corrected chi connectivity index (χ0v) is 15.9. The molecule has 1 amide bonds. The normalized spacial score (nSPS) is 18.0. The van der Waals surface area contributed by atoms with Gasteiger partial charge in [0.15, 0.2) is 0 Å². The molecule has 2 heterocycles. The molecule has 5 heteroatoms. The van der Waals surface area contributed by atoms with E-state index in [0.717, 1.165) is 36.5 Å². The number of rotatable bonds is 7. The number of hydrogen-bond acceptors (Lipinski definition) is 3. The molecule has 0 spiro atoms. The molecule has 0 unspecified atom stereocenters. The van der Waals surface area contributed by atoms with E-state index in [1.807, 2.05) is 36.1 Å². The molecule has 0 aliphatic carbocycles. The van der Waals surface area contributed by atoms with E-state index in [0.29, 0.717) is 18.9 Å². The first-order chi connectivity index (χ1) is 12.6. The molecule has 1 saturated heterocycles. The van der Waals surface area contributed by atoms with Crippen LogP contribution in [0.15, 0.2) is 36.5 Å². The minimum Gasteiger partial charge on any atom is -0.355 e. The number of hydrogen-bond donors (Lipinski definition) is 1. The number of amides is 1. The average Bonchev–Trinajstić information content (AvgIpc) is 3.03. The highest BCUT2D eigenvalue weighted by Gasteiger charge is 2.17. The van der Waals surface area contributed by atoms with Gasteiger partial charge in [0.1, 0.15) is 0 Å². The van der Waals surface area contributed by atoms with Crippen LogP contribution < -0.4 is 5.32 Å². The van der Waals surface area contributed by atoms with E-state index in [-0.39, 0.29) is 5.91 Å². The van der Waals surface area contributed by atoms with Crippen LogP contribution in [-0.4, -0.2) is 46.3 Å². The van der Waals surface area contributed by atoms with Gasteiger partial charge in [0, 0.05) is 44.4 Å². The van der Waals surface area contributed by atoms with Crippen molar-refractivity contribution < 1.29 is 4.79 Å². The molecule has 1 aliphatic heterocycles. The van der Waals surface area contributed by atoms with Gasteiger partial charge in [-0.25, -0.2) is 0 Å². The van der Waals surface area contributed by atoms with Crippen molar-refractivity contribution in [3.05, 3.63) is 42.1 Å². The second kappa shape index (κ2) is 8.99. The molecule has 1 atom stereocenters. The Balaban J connectivity index is 1.47. The Hall–Kier alpha value is -2.14. The Kier molecular flexibility index (Phi) is 6.45. The highest BCUT2D eigenvalue weighted by molar-refractivity contribution is 5.76. The summed E-state index contributed by atoms with van der Waals surface area (Å²) in [6.45, 7) is 5.14. The number of carbonyl (C=O) groups excluding carboxylic acids is 1. The van der Waals surface area contributed by atoms with Crippen molar-refractivity contribution in [2.75, 3.05) is 19.6 Å². The van der Waals surface area contributed by atoms with Crippen molar-refractivity contribution in [1.82, 2.24) is 20.0 Å². The minimum absolute atomic E-state index is 0.123. The number of piperidine rings is 1. The summed E-state index contributed by atoms with van der Waals surface area (Å²) in [4.78, 5) is 14.7. The van der Waals surface area contributed by atoms with Crippen LogP contribution in [0.4, 0.5) is 0 Å². The standard InChI is InChI=1S/C21H30N4O/c1-17-8-6-7-14-25(17)15-13-22-20(26)12-11-19-16-24(2)23-21(19)18-9-4-3-5-10-18/h3-5,9-10,16-17H,6-8,11-15H2,1-2H3,(H,22,26)/t17-/m1/s1. The van der Waals surface area contributed by atoms with Gasteiger partial charge in [0.2, 0.25) is 5.91 Å². The molecule has 5 nitrogen and oxygen atoms in total. The van der Waals surface area contributed by atoms with E-state index in [9.17, 15) is 4.79 Å². The molecule has 2 aromatic rings. The predicted octanol–water partition coefficient (Wildman–Crippen LogP) is 3.01. The van der Waals surface area contributed by atoms with Crippen LogP contribution >= 0.6 is 0 Å². The van der Waals surface area contributed by atoms with Crippen molar-refractivity contribution in [3.8, 4) is 11.3 Å². The molecular weight excluding hydrogens is 324 g/mol. The smallest absolute Gasteiger partial charge is 0.220 e. The first kappa shape index (κ1) is 18.6. The number of nitrogens with one attached hydrogen (secondary N) is 1. The van der Waals surface area contributed by atoms with Gasteiger partial charge in [-0.3, -0.25) is 14.4 Å². The molecule has 1 N–H and O–H groups in total. The quantitative estimate of drug-likeness (QED) is 0.831. The number of nitrogens with zero attached hydrogens (tertiary/aromatic N) is 3. The van der Waals surface area contributed by atoms with Crippen LogP contribution in [0.3, 0.4) is 0 Å². The molecule has 140 valence electrons. The maximum atomic E-state index is 12.2. The second-order valence-electron chi connectivity index (χ2n) is 7.27. The lowest BCUT2D eigenvalue weighted by molar-refractivity contribution is -0.121. The first-order valence-electron chi connectivity index (χ1n) is 9.72. The summed E-state index contributed by atoms with van der Waals surface area (Å²) in [7, 11) is 1.93. The van der Waals surface area contributed by atoms with Crippen molar-refractivity contribution in [2.24, 2.45) is 7.05 Å². The Labute approximate surface area is 156 Å². The largest absolute Gasteiger partial charge is 0.355 e. The van der Waals surface area contributed by atoms with Gasteiger partial charge in [0.05, 0.1) is 5.69 Å². The summed E-state index contributed by atoms with van der Waals surface area (Å²) in [5.74, 6) is 0.123. The minimum atomic E-state index is 0.123. The van der Waals surface area contributed by atoms with Crippen LogP contribution in [-0.2, 0) is 18.3 Å². The second-order valence-corrected chi connectivity index (χ2v) is 7.27. The average molecular weight is 354 g/mol. The summed E-state index contributed by atoms with van der Waals surface area (Å²) >= 11 is 0. The molecular formula is C21H30N4O. The van der Waals surface area contributed by atoms with Gasteiger partial charge in [0.25, 0.3) is 0 Å². The van der Waals surface area contributed by atoms with Crippen molar-refractivity contribution in [3.63, 3.8) is 0 Å². The van der Waals surface area contributed by atoms with E-state index in [1.54, 1.807) is 0 Å². The topological polar surface area (TPSA) is 50.2 Å². The van der Waals surface area contributed by atoms with Crippen LogP contribution in [0.25, 0.3) is 11.3 Å². The molecule has 1 fully saturated rings. The van der Waals surface area contributed by atoms with Gasteiger partial charge in [-0.05, 0) is 38.3 Å². The number of aryl methyl sites for hydroxylation is 2. The van der Waals surface area contributed by atoms with Crippen LogP contribution in [0.1, 0.15) is 38.2 Å². The summed E-state index contributed by atoms with van der Waals surface area (Å²) in [6.07, 6.45) is 7.12. The number of carbonyl (C=O) groups is 1. The van der Waals surface area contributed by atoms with Gasteiger partial charge < -0.3 is 5.32 Å². The Morgan fingerprint density at radius 2 is 2.08 bits per heavy atom. The Morgan fingerprint density at radius 3 is 2.85 bits per heavy atom. The zero-order chi connectivity index (χ0) is 18.4. The molecule has 3 rings (SSSR count). The molecule has 1 aromatic heterocycles. The van der Waals surface area contributed by atoms with E-state index in [2.05, 4.69) is 34.4 Å². The number of aromatic nitrogens is 2. The third kappa shape index (κ3) is 4.94. The summed E-state index contributed by atoms with van der Waals surface area (Å²) in [6, 6.07) is 10.8. The third-order valence-corrected chi connectivity index (χ3v) is 5.23. The van der Waals surface area contributed by atoms with Crippen LogP contribution in [0.5, 0.6) is 0 Å². The highest BCUT2D eigenvalue weighted by Crippen LogP contribution is 2.22.